The van der Waals surface area contributed by atoms with E-state index in [2.05, 4.69) is 35.2 Å². The molecule has 54 heavy (non-hydrogen) atoms. The summed E-state index contributed by atoms with van der Waals surface area (Å²) in [7, 11) is 0. The van der Waals surface area contributed by atoms with Crippen LogP contribution in [0, 0.1) is 11.6 Å². The average Bonchev–Trinajstić information content (AvgIpc) is 3.76. The molecule has 0 aliphatic carbocycles. The number of rotatable bonds is 7. The molecule has 0 fully saturated rings. The molecule has 2 unspecified atom stereocenters. The second-order valence-corrected chi connectivity index (χ2v) is 12.1. The summed E-state index contributed by atoms with van der Waals surface area (Å²) in [5.41, 5.74) is 7.73. The molecule has 0 saturated carbocycles. The van der Waals surface area contributed by atoms with Crippen LogP contribution in [-0.4, -0.2) is 73.2 Å². The zero-order valence-corrected chi connectivity index (χ0v) is 29.4. The lowest BCUT2D eigenvalue weighted by Crippen LogP contribution is -2.28. The normalized spacial score (nSPS) is 14.4. The van der Waals surface area contributed by atoms with Crippen LogP contribution < -0.4 is 30.0 Å². The van der Waals surface area contributed by atoms with Crippen LogP contribution in [0.3, 0.4) is 0 Å². The molecule has 0 saturated heterocycles. The van der Waals surface area contributed by atoms with Gasteiger partial charge < -0.3 is 45.1 Å². The molecule has 5 heterocycles. The van der Waals surface area contributed by atoms with Crippen molar-refractivity contribution in [2.24, 2.45) is 5.73 Å². The lowest BCUT2D eigenvalue weighted by atomic mass is 10.1. The summed E-state index contributed by atoms with van der Waals surface area (Å²) in [4.78, 5) is 46.0. The molecule has 7 rings (SSSR count). The maximum atomic E-state index is 13.9. The van der Waals surface area contributed by atoms with E-state index < -0.39 is 29.8 Å². The number of carboxylic acids is 1. The van der Waals surface area contributed by atoms with E-state index in [9.17, 15) is 23.5 Å². The molecule has 0 spiro atoms. The second kappa shape index (κ2) is 16.9. The summed E-state index contributed by atoms with van der Waals surface area (Å²) in [6.07, 6.45) is 4.18. The van der Waals surface area contributed by atoms with Crippen molar-refractivity contribution in [1.29, 1.82) is 0 Å². The predicted molar refractivity (Wildman–Crippen MR) is 195 cm³/mol. The summed E-state index contributed by atoms with van der Waals surface area (Å²) in [6.45, 7) is 4.28. The summed E-state index contributed by atoms with van der Waals surface area (Å²) < 4.78 is 50.6. The Kier molecular flexibility index (Phi) is 12.4. The largest absolute Gasteiger partial charge is 0.492 e. The fourth-order valence-corrected chi connectivity index (χ4v) is 6.00. The number of aromatic carboxylic acids is 1. The minimum atomic E-state index is -1.15. The molecule has 6 N–H and O–H groups in total. The van der Waals surface area contributed by atoms with Gasteiger partial charge in [-0.15, -0.1) is 0 Å². The average molecular weight is 788 g/mol. The lowest BCUT2D eigenvalue weighted by molar-refractivity contribution is 0.0698. The van der Waals surface area contributed by atoms with Crippen LogP contribution in [0.1, 0.15) is 65.3 Å². The first-order valence-corrected chi connectivity index (χ1v) is 16.7. The van der Waals surface area contributed by atoms with E-state index >= 15 is 0 Å². The van der Waals surface area contributed by atoms with E-state index in [1.54, 1.807) is 13.8 Å². The molecule has 15 nitrogen and oxygen atoms in total. The van der Waals surface area contributed by atoms with Gasteiger partial charge >= 0.3 is 5.97 Å². The third kappa shape index (κ3) is 8.22. The lowest BCUT2D eigenvalue weighted by Gasteiger charge is -2.19. The van der Waals surface area contributed by atoms with Gasteiger partial charge in [-0.2, -0.15) is 0 Å². The van der Waals surface area contributed by atoms with Gasteiger partial charge in [0.05, 0.1) is 45.7 Å². The van der Waals surface area contributed by atoms with Crippen LogP contribution in [0.5, 0.6) is 23.3 Å². The molecular formula is C35H34Cl2F2N8O7. The zero-order valence-electron chi connectivity index (χ0n) is 27.9. The number of aromatic nitrogens is 6. The van der Waals surface area contributed by atoms with Gasteiger partial charge in [0.15, 0.2) is 11.3 Å². The van der Waals surface area contributed by atoms with Gasteiger partial charge in [-0.1, -0.05) is 30.6 Å². The molecule has 1 amide bonds. The fourth-order valence-electron chi connectivity index (χ4n) is 5.38. The number of hydrogen-bond acceptors (Lipinski definition) is 11. The number of H-pyrrole nitrogens is 2. The number of ether oxygens (including phenoxy) is 4. The third-order valence-corrected chi connectivity index (χ3v) is 8.57. The number of fused-ring (bicyclic) bond motifs is 3. The first-order valence-electron chi connectivity index (χ1n) is 15.9. The monoisotopic (exact) mass is 786 g/mol. The zero-order chi connectivity index (χ0) is 37.8. The van der Waals surface area contributed by atoms with Crippen molar-refractivity contribution >= 4 is 57.4 Å². The van der Waals surface area contributed by atoms with Crippen molar-refractivity contribution in [1.82, 2.24) is 35.2 Å². The molecule has 4 aromatic heterocycles. The molecule has 284 valence electrons. The fraction of sp³-hybridized carbons (Fsp3) is 0.257. The van der Waals surface area contributed by atoms with Gasteiger partial charge in [0.2, 0.25) is 11.8 Å². The maximum Gasteiger partial charge on any atom is 0.339 e. The van der Waals surface area contributed by atoms with Crippen LogP contribution >= 0.6 is 23.2 Å². The second-order valence-electron chi connectivity index (χ2n) is 11.3. The number of carbonyl (C=O) groups excluding carboxylic acids is 1. The Morgan fingerprint density at radius 2 is 1.76 bits per heavy atom. The number of nitrogens with two attached hydrogens (primary N) is 1. The van der Waals surface area contributed by atoms with Crippen LogP contribution in [-0.2, 0) is 0 Å². The Balaban J connectivity index is 0.000000204. The standard InChI is InChI=1S/C17H16ClFN4O4.C17H14ClFN4O3.CH4/c1-8(13-11(26-5-4-20)3-2-10(19)14(13)18)27-12-7-22-16-15(23-12)9(6-21-16)17(24)25;1-8-13-11(3-2-10(19)14(13)18)25-5-4-20-17(24)9-6-21-16-15(9)23-12(26-8)7-22-16;/h2-3,6-8H,4-5,20H2,1H3,(H,21,22)(H,24,25);2-3,6-8H,4-5H2,1H3,(H,20,24)(H,21,22);1H4. The summed E-state index contributed by atoms with van der Waals surface area (Å²) in [5.74, 6) is -1.69. The summed E-state index contributed by atoms with van der Waals surface area (Å²) in [5, 5.41) is 11.7. The predicted octanol–water partition coefficient (Wildman–Crippen LogP) is 6.57. The molecule has 19 heteroatoms. The molecule has 6 aromatic rings. The van der Waals surface area contributed by atoms with E-state index in [-0.39, 0.29) is 72.5 Å². The van der Waals surface area contributed by atoms with Gasteiger partial charge in [0.25, 0.3) is 5.91 Å². The van der Waals surface area contributed by atoms with Crippen LogP contribution in [0.4, 0.5) is 8.78 Å². The van der Waals surface area contributed by atoms with Crippen molar-refractivity contribution in [2.45, 2.75) is 33.5 Å². The number of benzene rings is 2. The number of carbonyl (C=O) groups is 2. The minimum absolute atomic E-state index is 0. The highest BCUT2D eigenvalue weighted by atomic mass is 35.5. The highest BCUT2D eigenvalue weighted by Gasteiger charge is 2.24. The molecular weight excluding hydrogens is 753 g/mol. The van der Waals surface area contributed by atoms with Crippen molar-refractivity contribution in [3.63, 3.8) is 0 Å². The van der Waals surface area contributed by atoms with E-state index in [1.807, 2.05) is 0 Å². The minimum Gasteiger partial charge on any atom is -0.492 e. The smallest absolute Gasteiger partial charge is 0.339 e. The Morgan fingerprint density at radius 1 is 1.06 bits per heavy atom. The van der Waals surface area contributed by atoms with Gasteiger partial charge in [0.1, 0.15) is 65.2 Å². The number of nitrogens with zero attached hydrogens (tertiary/aromatic N) is 4. The van der Waals surface area contributed by atoms with Gasteiger partial charge in [-0.3, -0.25) is 4.79 Å². The van der Waals surface area contributed by atoms with Crippen molar-refractivity contribution in [2.75, 3.05) is 26.3 Å². The van der Waals surface area contributed by atoms with Gasteiger partial charge in [-0.25, -0.2) is 33.5 Å². The Bertz CT molecular complexity index is 2320. The van der Waals surface area contributed by atoms with Crippen LogP contribution in [0.2, 0.25) is 10.0 Å². The van der Waals surface area contributed by atoms with Crippen molar-refractivity contribution in [3.05, 3.63) is 93.0 Å². The quantitative estimate of drug-likeness (QED) is 0.116. The number of nitrogens with one attached hydrogen (secondary N) is 3. The van der Waals surface area contributed by atoms with Crippen molar-refractivity contribution < 1.29 is 42.4 Å². The molecule has 1 aliphatic rings. The van der Waals surface area contributed by atoms with E-state index in [1.165, 1.54) is 49.1 Å². The van der Waals surface area contributed by atoms with Crippen LogP contribution in [0.15, 0.2) is 49.1 Å². The van der Waals surface area contributed by atoms with E-state index in [4.69, 9.17) is 47.9 Å². The molecule has 0 radical (unpaired) electrons. The summed E-state index contributed by atoms with van der Waals surface area (Å²) >= 11 is 12.2. The molecule has 1 aliphatic heterocycles. The molecule has 2 atom stereocenters. The highest BCUT2D eigenvalue weighted by molar-refractivity contribution is 6.32. The number of amides is 1. The van der Waals surface area contributed by atoms with E-state index in [0.29, 0.717) is 45.0 Å². The first-order chi connectivity index (χ1) is 25.5. The maximum absolute atomic E-state index is 13.9. The van der Waals surface area contributed by atoms with Gasteiger partial charge in [-0.05, 0) is 38.1 Å². The first kappa shape index (κ1) is 39.4. The van der Waals surface area contributed by atoms with Crippen molar-refractivity contribution in [3.8, 4) is 23.3 Å². The molecule has 2 bridgehead atoms. The van der Waals surface area contributed by atoms with Crippen LogP contribution in [0.25, 0.3) is 22.3 Å². The number of halogens is 4. The van der Waals surface area contributed by atoms with E-state index in [0.717, 1.165) is 0 Å². The third-order valence-electron chi connectivity index (χ3n) is 7.81. The molecule has 2 aromatic carbocycles. The van der Waals surface area contributed by atoms with Gasteiger partial charge in [0, 0.05) is 18.9 Å². The summed E-state index contributed by atoms with van der Waals surface area (Å²) in [6, 6.07) is 5.34. The number of carboxylic acid groups (broad SMARTS) is 1. The Morgan fingerprint density at radius 3 is 2.52 bits per heavy atom. The Hall–Kier alpha value is -5.78. The topological polar surface area (TPSA) is 212 Å². The number of hydrogen-bond donors (Lipinski definition) is 5. The SMILES string of the molecule is C.CC(Oc1cnc2[nH]cc(C(=O)O)c2n1)c1c(OCCN)ccc(F)c1Cl.CC1Oc2cnc3[nH]cc(c3n2)C(=O)NCCOc2ccc(F)c(Cl)c21. The Labute approximate surface area is 316 Å². The number of aromatic amines is 2. The highest BCUT2D eigenvalue weighted by Crippen LogP contribution is 2.38.